The van der Waals surface area contributed by atoms with Crippen LogP contribution in [0, 0.1) is 5.92 Å². The first kappa shape index (κ1) is 26.4. The number of hydrogen-bond acceptors (Lipinski definition) is 6. The molecule has 2 aromatic rings. The number of allylic oxidation sites excluding steroid dienone is 1. The zero-order valence-electron chi connectivity index (χ0n) is 21.0. The van der Waals surface area contributed by atoms with E-state index in [9.17, 15) is 4.79 Å². The normalized spacial score (nSPS) is 21.4. The number of carbonyl (C=O) groups is 1. The van der Waals surface area contributed by atoms with Gasteiger partial charge in [0.05, 0.1) is 26.4 Å². The smallest absolute Gasteiger partial charge is 0.289 e. The molecule has 2 heterocycles. The minimum atomic E-state index is -0.546. The summed E-state index contributed by atoms with van der Waals surface area (Å²) in [4.78, 5) is 15.5. The van der Waals surface area contributed by atoms with Gasteiger partial charge in [-0.05, 0) is 42.5 Å². The Morgan fingerprint density at radius 1 is 1.00 bits per heavy atom. The molecule has 7 nitrogen and oxygen atoms in total. The summed E-state index contributed by atoms with van der Waals surface area (Å²) in [6.45, 7) is 5.41. The predicted octanol–water partition coefficient (Wildman–Crippen LogP) is 3.66. The van der Waals surface area contributed by atoms with Crippen molar-refractivity contribution in [1.29, 1.82) is 0 Å². The summed E-state index contributed by atoms with van der Waals surface area (Å²) in [6.07, 6.45) is 2.98. The van der Waals surface area contributed by atoms with Crippen molar-refractivity contribution in [3.8, 4) is 0 Å². The Kier molecular flexibility index (Phi) is 9.93. The minimum absolute atomic E-state index is 0.00549. The minimum Gasteiger partial charge on any atom is -0.459 e. The van der Waals surface area contributed by atoms with Crippen LogP contribution in [0.1, 0.15) is 36.0 Å². The molecule has 0 saturated carbocycles. The highest BCUT2D eigenvalue weighted by Gasteiger charge is 2.39. The number of benzene rings is 2. The van der Waals surface area contributed by atoms with Gasteiger partial charge < -0.3 is 29.0 Å². The number of amides is 1. The van der Waals surface area contributed by atoms with Crippen LogP contribution in [-0.4, -0.2) is 68.4 Å². The molecule has 0 bridgehead atoms. The largest absolute Gasteiger partial charge is 0.459 e. The number of fused-ring (bicyclic) bond motifs is 1. The molecule has 1 amide bonds. The highest BCUT2D eigenvalue weighted by atomic mass is 16.7. The molecule has 0 fully saturated rings. The molecule has 0 spiro atoms. The fourth-order valence-electron chi connectivity index (χ4n) is 4.92. The second-order valence-corrected chi connectivity index (χ2v) is 9.06. The van der Waals surface area contributed by atoms with Gasteiger partial charge in [-0.1, -0.05) is 54.6 Å². The Labute approximate surface area is 213 Å². The van der Waals surface area contributed by atoms with Gasteiger partial charge in [0, 0.05) is 38.1 Å². The molecule has 2 aliphatic heterocycles. The lowest BCUT2D eigenvalue weighted by molar-refractivity contribution is -0.172. The number of carbonyl (C=O) groups excluding carboxylic acids is 1. The number of aliphatic hydroxyl groups excluding tert-OH is 1. The van der Waals surface area contributed by atoms with E-state index >= 15 is 0 Å². The van der Waals surface area contributed by atoms with Crippen molar-refractivity contribution in [2.24, 2.45) is 5.92 Å². The van der Waals surface area contributed by atoms with Crippen LogP contribution in [0.5, 0.6) is 0 Å². The zero-order valence-corrected chi connectivity index (χ0v) is 21.0. The second kappa shape index (κ2) is 13.6. The highest BCUT2D eigenvalue weighted by molar-refractivity contribution is 5.92. The molecular formula is C29H37NO6. The van der Waals surface area contributed by atoms with E-state index in [1.165, 1.54) is 11.1 Å². The van der Waals surface area contributed by atoms with E-state index in [-0.39, 0.29) is 24.3 Å². The first-order valence-electron chi connectivity index (χ1n) is 12.9. The van der Waals surface area contributed by atoms with Crippen LogP contribution in [0.25, 0.3) is 0 Å². The van der Waals surface area contributed by atoms with E-state index in [1.807, 2.05) is 48.2 Å². The van der Waals surface area contributed by atoms with Crippen LogP contribution in [0.3, 0.4) is 0 Å². The molecule has 3 atom stereocenters. The standard InChI is InChI=1S/C29H37NO6/c1-2-35-29-25(13-16-33-18-19-34-17-15-31)26(23-9-4-3-5-10-23)20-27(36-29)28(32)30-14-12-22-8-6-7-11-24(22)21-30/h3-11,20,25-26,29,31H,2,12-19,21H2,1H3/t25-,26+,29+/m1/s1. The highest BCUT2D eigenvalue weighted by Crippen LogP contribution is 2.39. The monoisotopic (exact) mass is 495 g/mol. The van der Waals surface area contributed by atoms with Gasteiger partial charge in [0.15, 0.2) is 5.76 Å². The van der Waals surface area contributed by atoms with E-state index in [4.69, 9.17) is 24.1 Å². The molecular weight excluding hydrogens is 458 g/mol. The topological polar surface area (TPSA) is 77.5 Å². The van der Waals surface area contributed by atoms with Gasteiger partial charge in [0.1, 0.15) is 0 Å². The maximum Gasteiger partial charge on any atom is 0.289 e. The van der Waals surface area contributed by atoms with Crippen molar-refractivity contribution in [2.75, 3.05) is 46.2 Å². The molecule has 2 aromatic carbocycles. The van der Waals surface area contributed by atoms with E-state index in [2.05, 4.69) is 24.3 Å². The first-order valence-corrected chi connectivity index (χ1v) is 12.9. The average molecular weight is 496 g/mol. The summed E-state index contributed by atoms with van der Waals surface area (Å²) in [5, 5.41) is 8.82. The Bertz CT molecular complexity index is 994. The van der Waals surface area contributed by atoms with Gasteiger partial charge in [0.25, 0.3) is 5.91 Å². The summed E-state index contributed by atoms with van der Waals surface area (Å²) < 4.78 is 23.3. The van der Waals surface area contributed by atoms with Crippen LogP contribution in [0.15, 0.2) is 66.4 Å². The number of aliphatic hydroxyl groups is 1. The van der Waals surface area contributed by atoms with Crippen LogP contribution in [-0.2, 0) is 36.7 Å². The Hall–Kier alpha value is -2.71. The summed E-state index contributed by atoms with van der Waals surface area (Å²) in [5.41, 5.74) is 3.61. The van der Waals surface area contributed by atoms with Crippen LogP contribution in [0.4, 0.5) is 0 Å². The van der Waals surface area contributed by atoms with Gasteiger partial charge in [-0.2, -0.15) is 0 Å². The molecule has 36 heavy (non-hydrogen) atoms. The maximum absolute atomic E-state index is 13.6. The Morgan fingerprint density at radius 2 is 1.72 bits per heavy atom. The summed E-state index contributed by atoms with van der Waals surface area (Å²) in [5.74, 6) is 0.216. The van der Waals surface area contributed by atoms with Gasteiger partial charge in [-0.15, -0.1) is 0 Å². The molecule has 2 aliphatic rings. The van der Waals surface area contributed by atoms with Crippen LogP contribution in [0.2, 0.25) is 0 Å². The molecule has 0 saturated heterocycles. The van der Waals surface area contributed by atoms with Gasteiger partial charge in [-0.3, -0.25) is 4.79 Å². The van der Waals surface area contributed by atoms with Gasteiger partial charge >= 0.3 is 0 Å². The zero-order chi connectivity index (χ0) is 25.2. The van der Waals surface area contributed by atoms with Crippen molar-refractivity contribution in [3.05, 3.63) is 83.1 Å². The lowest BCUT2D eigenvalue weighted by atomic mass is 9.81. The molecule has 0 aliphatic carbocycles. The number of nitrogens with zero attached hydrogens (tertiary/aromatic N) is 1. The summed E-state index contributed by atoms with van der Waals surface area (Å²) in [6, 6.07) is 18.5. The predicted molar refractivity (Wildman–Crippen MR) is 136 cm³/mol. The second-order valence-electron chi connectivity index (χ2n) is 9.06. The molecule has 0 aromatic heterocycles. The summed E-state index contributed by atoms with van der Waals surface area (Å²) in [7, 11) is 0. The van der Waals surface area contributed by atoms with Crippen molar-refractivity contribution in [1.82, 2.24) is 4.90 Å². The number of hydrogen-bond donors (Lipinski definition) is 1. The fraction of sp³-hybridized carbons (Fsp3) is 0.483. The average Bonchev–Trinajstić information content (AvgIpc) is 2.93. The first-order chi connectivity index (χ1) is 17.7. The fourth-order valence-corrected chi connectivity index (χ4v) is 4.92. The molecule has 1 N–H and O–H groups in total. The molecule has 7 heteroatoms. The van der Waals surface area contributed by atoms with Crippen LogP contribution >= 0.6 is 0 Å². The van der Waals surface area contributed by atoms with E-state index in [0.29, 0.717) is 58.3 Å². The van der Waals surface area contributed by atoms with Crippen molar-refractivity contribution in [3.63, 3.8) is 0 Å². The third-order valence-electron chi connectivity index (χ3n) is 6.73. The molecule has 0 radical (unpaired) electrons. The third kappa shape index (κ3) is 6.73. The van der Waals surface area contributed by atoms with Crippen molar-refractivity contribution < 1.29 is 28.8 Å². The maximum atomic E-state index is 13.6. The Morgan fingerprint density at radius 3 is 2.47 bits per heavy atom. The van der Waals surface area contributed by atoms with Gasteiger partial charge in [0.2, 0.25) is 6.29 Å². The van der Waals surface area contributed by atoms with Gasteiger partial charge in [-0.25, -0.2) is 0 Å². The van der Waals surface area contributed by atoms with E-state index in [0.717, 1.165) is 12.0 Å². The molecule has 0 unspecified atom stereocenters. The molecule has 194 valence electrons. The molecule has 4 rings (SSSR count). The third-order valence-corrected chi connectivity index (χ3v) is 6.73. The lowest BCUT2D eigenvalue weighted by Crippen LogP contribution is -2.42. The van der Waals surface area contributed by atoms with E-state index < -0.39 is 6.29 Å². The van der Waals surface area contributed by atoms with Crippen molar-refractivity contribution >= 4 is 5.91 Å². The number of ether oxygens (including phenoxy) is 4. The van der Waals surface area contributed by atoms with Crippen LogP contribution < -0.4 is 0 Å². The Balaban J connectivity index is 1.50. The van der Waals surface area contributed by atoms with Crippen molar-refractivity contribution in [2.45, 2.75) is 38.5 Å². The van der Waals surface area contributed by atoms with E-state index in [1.54, 1.807) is 0 Å². The quantitative estimate of drug-likeness (QED) is 0.453. The summed E-state index contributed by atoms with van der Waals surface area (Å²) >= 11 is 0. The SMILES string of the molecule is CCO[C@H]1OC(C(=O)N2CCc3ccccc3C2)=C[C@@H](c2ccccc2)[C@H]1CCOCCOCCO. The number of rotatable bonds is 12. The lowest BCUT2D eigenvalue weighted by Gasteiger charge is -2.38.